The summed E-state index contributed by atoms with van der Waals surface area (Å²) in [4.78, 5) is 25.3. The molecule has 0 aromatic heterocycles. The highest BCUT2D eigenvalue weighted by Crippen LogP contribution is 2.38. The van der Waals surface area contributed by atoms with Gasteiger partial charge in [-0.3, -0.25) is 9.36 Å². The fourth-order valence-corrected chi connectivity index (χ4v) is 6.94. The number of hydrogen-bond acceptors (Lipinski definition) is 6. The van der Waals surface area contributed by atoms with Crippen LogP contribution in [-0.4, -0.2) is 68.5 Å². The van der Waals surface area contributed by atoms with E-state index in [1.54, 1.807) is 6.08 Å². The Kier molecular flexibility index (Phi) is 36.4. The van der Waals surface area contributed by atoms with Gasteiger partial charge >= 0.3 is 0 Å². The average Bonchev–Trinajstić information content (AvgIpc) is 3.12. The molecule has 2 N–H and O–H groups in total. The van der Waals surface area contributed by atoms with E-state index >= 15 is 0 Å². The van der Waals surface area contributed by atoms with Crippen molar-refractivity contribution in [3.8, 4) is 0 Å². The third kappa shape index (κ3) is 39.0. The summed E-state index contributed by atoms with van der Waals surface area (Å²) >= 11 is 0. The van der Waals surface area contributed by atoms with Gasteiger partial charge in [0.05, 0.1) is 39.9 Å². The fraction of sp³-hybridized carbons (Fsp3) is 0.844. The van der Waals surface area contributed by atoms with Crippen LogP contribution in [0.2, 0.25) is 0 Å². The number of rotatable bonds is 40. The Bertz CT molecular complexity index is 980. The number of carbonyl (C=O) groups excluding carboxylic acids is 1. The molecule has 1 amide bonds. The molecule has 318 valence electrons. The van der Waals surface area contributed by atoms with Crippen molar-refractivity contribution in [3.63, 3.8) is 0 Å². The van der Waals surface area contributed by atoms with Crippen molar-refractivity contribution >= 4 is 13.7 Å². The minimum atomic E-state index is -4.59. The summed E-state index contributed by atoms with van der Waals surface area (Å²) < 4.78 is 23.1. The maximum absolute atomic E-state index is 12.8. The van der Waals surface area contributed by atoms with Crippen LogP contribution in [0.5, 0.6) is 0 Å². The number of allylic oxidation sites excluding steroid dienone is 5. The van der Waals surface area contributed by atoms with Crippen LogP contribution in [0.15, 0.2) is 36.5 Å². The number of nitrogens with zero attached hydrogens (tertiary/aromatic N) is 1. The Balaban J connectivity index is 4.39. The SMILES string of the molecule is CCCCCCCC/C=C/CC/C=C/C(O)C(COP(=O)([O-])OCC[N+](C)(C)C)NC(=O)CCCCCCCCC/C=C\CCCCCCCCCCC. The van der Waals surface area contributed by atoms with Crippen molar-refractivity contribution in [2.24, 2.45) is 0 Å². The molecule has 0 aliphatic carbocycles. The van der Waals surface area contributed by atoms with Gasteiger partial charge in [0.25, 0.3) is 7.82 Å². The van der Waals surface area contributed by atoms with Crippen molar-refractivity contribution in [3.05, 3.63) is 36.5 Å². The van der Waals surface area contributed by atoms with E-state index in [0.29, 0.717) is 17.4 Å². The molecule has 0 aromatic carbocycles. The summed E-state index contributed by atoms with van der Waals surface area (Å²) in [6.45, 7) is 4.60. The van der Waals surface area contributed by atoms with Gasteiger partial charge in [0, 0.05) is 6.42 Å². The number of nitrogens with one attached hydrogen (secondary N) is 1. The molecule has 0 radical (unpaired) electrons. The lowest BCUT2D eigenvalue weighted by Gasteiger charge is -2.29. The first kappa shape index (κ1) is 52.7. The smallest absolute Gasteiger partial charge is 0.268 e. The number of likely N-dealkylation sites (N-methyl/N-ethyl adjacent to an activating group) is 1. The fourth-order valence-electron chi connectivity index (χ4n) is 6.22. The number of carbonyl (C=O) groups is 1. The normalized spacial score (nSPS) is 14.7. The molecule has 8 nitrogen and oxygen atoms in total. The Labute approximate surface area is 334 Å². The third-order valence-corrected chi connectivity index (χ3v) is 10.8. The Morgan fingerprint density at radius 3 is 1.50 bits per heavy atom. The molecule has 54 heavy (non-hydrogen) atoms. The predicted octanol–water partition coefficient (Wildman–Crippen LogP) is 11.7. The molecular weight excluding hydrogens is 695 g/mol. The van der Waals surface area contributed by atoms with Crippen LogP contribution in [0.1, 0.15) is 194 Å². The number of hydrogen-bond donors (Lipinski definition) is 2. The van der Waals surface area contributed by atoms with Crippen molar-refractivity contribution < 1.29 is 32.9 Å². The first-order valence-electron chi connectivity index (χ1n) is 22.4. The number of phosphoric ester groups is 1. The molecule has 0 heterocycles. The summed E-state index contributed by atoms with van der Waals surface area (Å²) in [6.07, 6.45) is 44.8. The van der Waals surface area contributed by atoms with Gasteiger partial charge in [0.1, 0.15) is 13.2 Å². The molecule has 3 unspecified atom stereocenters. The van der Waals surface area contributed by atoms with Gasteiger partial charge in [-0.05, 0) is 57.8 Å². The maximum atomic E-state index is 12.8. The van der Waals surface area contributed by atoms with E-state index in [1.807, 2.05) is 27.2 Å². The molecule has 0 spiro atoms. The van der Waals surface area contributed by atoms with E-state index in [4.69, 9.17) is 9.05 Å². The van der Waals surface area contributed by atoms with Gasteiger partial charge < -0.3 is 28.8 Å². The minimum Gasteiger partial charge on any atom is -0.756 e. The van der Waals surface area contributed by atoms with E-state index in [1.165, 1.54) is 135 Å². The highest BCUT2D eigenvalue weighted by atomic mass is 31.2. The maximum Gasteiger partial charge on any atom is 0.268 e. The number of quaternary nitrogens is 1. The molecule has 0 bridgehead atoms. The summed E-state index contributed by atoms with van der Waals surface area (Å²) in [7, 11) is 1.24. The first-order valence-corrected chi connectivity index (χ1v) is 23.8. The van der Waals surface area contributed by atoms with Crippen LogP contribution in [0.25, 0.3) is 0 Å². The van der Waals surface area contributed by atoms with Crippen LogP contribution in [0.3, 0.4) is 0 Å². The van der Waals surface area contributed by atoms with E-state index < -0.39 is 26.6 Å². The molecule has 3 atom stereocenters. The summed E-state index contributed by atoms with van der Waals surface area (Å²) in [5.74, 6) is -0.213. The quantitative estimate of drug-likeness (QED) is 0.0277. The number of phosphoric acid groups is 1. The standard InChI is InChI=1S/C45H87N2O6P/c1-6-8-10-12-14-16-18-20-21-22-23-24-25-26-27-29-31-33-35-37-39-45(49)46-43(42-53-54(50,51)52-41-40-47(3,4)5)44(48)38-36-34-32-30-28-19-17-15-13-11-9-7-2/h23-24,28,30,36,38,43-44,48H,6-22,25-27,29,31-35,37,39-42H2,1-5H3,(H-,46,49,50,51)/b24-23-,30-28+,38-36+. The average molecular weight is 783 g/mol. The molecule has 0 aliphatic rings. The van der Waals surface area contributed by atoms with Crippen LogP contribution >= 0.6 is 7.82 Å². The zero-order chi connectivity index (χ0) is 40.0. The monoisotopic (exact) mass is 783 g/mol. The molecular formula is C45H87N2O6P. The van der Waals surface area contributed by atoms with Gasteiger partial charge in [-0.1, -0.05) is 166 Å². The van der Waals surface area contributed by atoms with Gasteiger partial charge in [0.2, 0.25) is 5.91 Å². The number of unbranched alkanes of at least 4 members (excludes halogenated alkanes) is 23. The lowest BCUT2D eigenvalue weighted by atomic mass is 10.1. The van der Waals surface area contributed by atoms with Crippen LogP contribution in [0.4, 0.5) is 0 Å². The van der Waals surface area contributed by atoms with E-state index in [-0.39, 0.29) is 12.5 Å². The molecule has 0 aromatic rings. The molecule has 0 fully saturated rings. The highest BCUT2D eigenvalue weighted by molar-refractivity contribution is 7.45. The lowest BCUT2D eigenvalue weighted by Crippen LogP contribution is -2.45. The van der Waals surface area contributed by atoms with Crippen molar-refractivity contribution in [1.29, 1.82) is 0 Å². The number of aliphatic hydroxyl groups excluding tert-OH is 1. The van der Waals surface area contributed by atoms with Crippen LogP contribution in [0, 0.1) is 0 Å². The van der Waals surface area contributed by atoms with Gasteiger partial charge in [-0.15, -0.1) is 0 Å². The second-order valence-corrected chi connectivity index (χ2v) is 17.8. The highest BCUT2D eigenvalue weighted by Gasteiger charge is 2.23. The summed E-state index contributed by atoms with van der Waals surface area (Å²) in [6, 6.07) is -0.902. The molecule has 0 aliphatic heterocycles. The molecule has 9 heteroatoms. The predicted molar refractivity (Wildman–Crippen MR) is 228 cm³/mol. The lowest BCUT2D eigenvalue weighted by molar-refractivity contribution is -0.870. The molecule has 0 rings (SSSR count). The van der Waals surface area contributed by atoms with Crippen molar-refractivity contribution in [2.45, 2.75) is 206 Å². The van der Waals surface area contributed by atoms with Gasteiger partial charge in [-0.25, -0.2) is 0 Å². The number of amides is 1. The zero-order valence-electron chi connectivity index (χ0n) is 35.9. The third-order valence-electron chi connectivity index (χ3n) is 9.82. The van der Waals surface area contributed by atoms with Gasteiger partial charge in [0.15, 0.2) is 0 Å². The Morgan fingerprint density at radius 2 is 1.04 bits per heavy atom. The van der Waals surface area contributed by atoms with Crippen molar-refractivity contribution in [1.82, 2.24) is 5.32 Å². The first-order chi connectivity index (χ1) is 26.0. The second-order valence-electron chi connectivity index (χ2n) is 16.4. The topological polar surface area (TPSA) is 108 Å². The van der Waals surface area contributed by atoms with Gasteiger partial charge in [-0.2, -0.15) is 0 Å². The Morgan fingerprint density at radius 1 is 0.630 bits per heavy atom. The van der Waals surface area contributed by atoms with E-state index in [9.17, 15) is 19.4 Å². The summed E-state index contributed by atoms with van der Waals surface area (Å²) in [5, 5.41) is 13.7. The van der Waals surface area contributed by atoms with Crippen LogP contribution < -0.4 is 10.2 Å². The molecule has 0 saturated heterocycles. The summed E-state index contributed by atoms with van der Waals surface area (Å²) in [5.41, 5.74) is 0. The molecule has 0 saturated carbocycles. The van der Waals surface area contributed by atoms with Crippen molar-refractivity contribution in [2.75, 3.05) is 40.9 Å². The van der Waals surface area contributed by atoms with Crippen LogP contribution in [-0.2, 0) is 18.4 Å². The van der Waals surface area contributed by atoms with E-state index in [0.717, 1.165) is 38.5 Å². The van der Waals surface area contributed by atoms with E-state index in [2.05, 4.69) is 43.5 Å². The Hall–Kier alpha value is -1.28. The second kappa shape index (κ2) is 37.3. The minimum absolute atomic E-state index is 0.00732. The zero-order valence-corrected chi connectivity index (χ0v) is 36.8. The largest absolute Gasteiger partial charge is 0.756 e. The number of aliphatic hydroxyl groups is 1.